The maximum atomic E-state index is 5.71. The molecule has 1 aromatic carbocycles. The zero-order valence-electron chi connectivity index (χ0n) is 11.9. The molecule has 110 valence electrons. The molecule has 1 unspecified atom stereocenters. The van der Waals surface area contributed by atoms with Gasteiger partial charge in [0.15, 0.2) is 0 Å². The molecule has 1 heterocycles. The van der Waals surface area contributed by atoms with Crippen LogP contribution in [0.3, 0.4) is 0 Å². The van der Waals surface area contributed by atoms with E-state index in [1.807, 2.05) is 24.3 Å². The van der Waals surface area contributed by atoms with Crippen molar-refractivity contribution in [2.24, 2.45) is 5.73 Å². The van der Waals surface area contributed by atoms with Gasteiger partial charge in [-0.3, -0.25) is 0 Å². The van der Waals surface area contributed by atoms with Crippen LogP contribution in [0.1, 0.15) is 18.4 Å². The topological polar surface area (TPSA) is 47.7 Å². The number of nitrogens with two attached hydrogens (primary N) is 1. The number of likely N-dealkylation sites (N-methyl/N-ethyl adjacent to an activating group) is 1. The predicted molar refractivity (Wildman–Crippen MR) is 84.3 cm³/mol. The fourth-order valence-corrected chi connectivity index (χ4v) is 2.40. The second-order valence-corrected chi connectivity index (χ2v) is 5.57. The van der Waals surface area contributed by atoms with E-state index in [9.17, 15) is 0 Å². The summed E-state index contributed by atoms with van der Waals surface area (Å²) in [5.41, 5.74) is 6.42. The highest BCUT2D eigenvalue weighted by atomic mass is 32.1. The largest absolute Gasteiger partial charge is 0.492 e. The van der Waals surface area contributed by atoms with Gasteiger partial charge in [0.1, 0.15) is 17.3 Å². The van der Waals surface area contributed by atoms with Gasteiger partial charge in [0.2, 0.25) is 0 Å². The first-order valence-corrected chi connectivity index (χ1v) is 7.39. The summed E-state index contributed by atoms with van der Waals surface area (Å²) >= 11 is 4.91. The molecular weight excluding hydrogens is 272 g/mol. The molecule has 4 nitrogen and oxygen atoms in total. The van der Waals surface area contributed by atoms with Crippen molar-refractivity contribution in [2.75, 3.05) is 33.4 Å². The number of ether oxygens (including phenoxy) is 2. The molecule has 0 bridgehead atoms. The standard InChI is InChI=1S/C15H22N2O2S/c1-17(11-14-3-2-9-18-14)8-10-19-13-6-4-12(5-7-13)15(16)20/h4-7,14H,2-3,8-11H2,1H3,(H2,16,20). The van der Waals surface area contributed by atoms with Crippen molar-refractivity contribution in [1.29, 1.82) is 0 Å². The van der Waals surface area contributed by atoms with Gasteiger partial charge in [-0.2, -0.15) is 0 Å². The molecule has 1 fully saturated rings. The van der Waals surface area contributed by atoms with Crippen LogP contribution in [0.5, 0.6) is 5.75 Å². The molecule has 0 radical (unpaired) electrons. The van der Waals surface area contributed by atoms with Crippen molar-refractivity contribution in [3.63, 3.8) is 0 Å². The van der Waals surface area contributed by atoms with Crippen LogP contribution in [0.2, 0.25) is 0 Å². The maximum Gasteiger partial charge on any atom is 0.119 e. The Bertz CT molecular complexity index is 430. The predicted octanol–water partition coefficient (Wildman–Crippen LogP) is 1.81. The number of rotatable bonds is 7. The highest BCUT2D eigenvalue weighted by Gasteiger charge is 2.16. The van der Waals surface area contributed by atoms with Crippen molar-refractivity contribution in [1.82, 2.24) is 4.90 Å². The van der Waals surface area contributed by atoms with Gasteiger partial charge in [-0.05, 0) is 44.2 Å². The highest BCUT2D eigenvalue weighted by Crippen LogP contribution is 2.14. The first-order valence-electron chi connectivity index (χ1n) is 6.98. The van der Waals surface area contributed by atoms with E-state index in [1.165, 1.54) is 12.8 Å². The minimum absolute atomic E-state index is 0.393. The quantitative estimate of drug-likeness (QED) is 0.777. The van der Waals surface area contributed by atoms with Crippen LogP contribution in [-0.2, 0) is 4.74 Å². The van der Waals surface area contributed by atoms with E-state index in [4.69, 9.17) is 27.4 Å². The fourth-order valence-electron chi connectivity index (χ4n) is 2.26. The van der Waals surface area contributed by atoms with Gasteiger partial charge in [0.05, 0.1) is 6.10 Å². The molecule has 0 spiro atoms. The van der Waals surface area contributed by atoms with E-state index in [2.05, 4.69) is 11.9 Å². The number of nitrogens with zero attached hydrogens (tertiary/aromatic N) is 1. The van der Waals surface area contributed by atoms with Gasteiger partial charge >= 0.3 is 0 Å². The van der Waals surface area contributed by atoms with E-state index >= 15 is 0 Å². The van der Waals surface area contributed by atoms with Crippen molar-refractivity contribution in [3.05, 3.63) is 29.8 Å². The van der Waals surface area contributed by atoms with Crippen LogP contribution < -0.4 is 10.5 Å². The third-order valence-corrected chi connectivity index (χ3v) is 3.66. The molecule has 20 heavy (non-hydrogen) atoms. The highest BCUT2D eigenvalue weighted by molar-refractivity contribution is 7.80. The summed E-state index contributed by atoms with van der Waals surface area (Å²) in [7, 11) is 2.10. The monoisotopic (exact) mass is 294 g/mol. The van der Waals surface area contributed by atoms with Gasteiger partial charge in [-0.15, -0.1) is 0 Å². The summed E-state index contributed by atoms with van der Waals surface area (Å²) in [6, 6.07) is 7.56. The second kappa shape index (κ2) is 7.57. The zero-order valence-corrected chi connectivity index (χ0v) is 12.7. The molecule has 1 aliphatic rings. The molecule has 0 aromatic heterocycles. The molecule has 0 aliphatic carbocycles. The lowest BCUT2D eigenvalue weighted by Crippen LogP contribution is -2.32. The fraction of sp³-hybridized carbons (Fsp3) is 0.533. The number of hydrogen-bond donors (Lipinski definition) is 1. The molecule has 2 rings (SSSR count). The minimum atomic E-state index is 0.393. The molecule has 1 aliphatic heterocycles. The normalized spacial score (nSPS) is 18.4. The Balaban J connectivity index is 1.68. The van der Waals surface area contributed by atoms with Crippen molar-refractivity contribution in [2.45, 2.75) is 18.9 Å². The van der Waals surface area contributed by atoms with E-state index < -0.39 is 0 Å². The summed E-state index contributed by atoms with van der Waals surface area (Å²) in [6.45, 7) is 3.43. The minimum Gasteiger partial charge on any atom is -0.492 e. The molecule has 1 atom stereocenters. The van der Waals surface area contributed by atoms with Gasteiger partial charge in [-0.1, -0.05) is 12.2 Å². The number of hydrogen-bond acceptors (Lipinski definition) is 4. The molecule has 1 saturated heterocycles. The SMILES string of the molecule is CN(CCOc1ccc(C(N)=S)cc1)CC1CCCO1. The zero-order chi connectivity index (χ0) is 14.4. The molecule has 0 amide bonds. The van der Waals surface area contributed by atoms with E-state index in [1.54, 1.807) is 0 Å². The molecular formula is C15H22N2O2S. The van der Waals surface area contributed by atoms with Gasteiger partial charge < -0.3 is 20.1 Å². The van der Waals surface area contributed by atoms with E-state index in [0.29, 0.717) is 17.7 Å². The Labute approximate surface area is 125 Å². The Hall–Kier alpha value is -1.17. The second-order valence-electron chi connectivity index (χ2n) is 5.13. The van der Waals surface area contributed by atoms with E-state index in [0.717, 1.165) is 31.0 Å². The average molecular weight is 294 g/mol. The summed E-state index contributed by atoms with van der Waals surface area (Å²) in [6.07, 6.45) is 2.75. The van der Waals surface area contributed by atoms with Crippen LogP contribution in [-0.4, -0.2) is 49.3 Å². The Morgan fingerprint density at radius 1 is 1.45 bits per heavy atom. The third-order valence-electron chi connectivity index (χ3n) is 3.42. The lowest BCUT2D eigenvalue weighted by atomic mass is 10.2. The third kappa shape index (κ3) is 4.74. The van der Waals surface area contributed by atoms with Crippen LogP contribution in [0.4, 0.5) is 0 Å². The van der Waals surface area contributed by atoms with Crippen LogP contribution >= 0.6 is 12.2 Å². The lowest BCUT2D eigenvalue weighted by molar-refractivity contribution is 0.0771. The summed E-state index contributed by atoms with van der Waals surface area (Å²) in [5, 5.41) is 0. The van der Waals surface area contributed by atoms with Crippen LogP contribution in [0.25, 0.3) is 0 Å². The van der Waals surface area contributed by atoms with Gasteiger partial charge in [-0.25, -0.2) is 0 Å². The van der Waals surface area contributed by atoms with Crippen molar-refractivity contribution < 1.29 is 9.47 Å². The Morgan fingerprint density at radius 2 is 2.20 bits per heavy atom. The Morgan fingerprint density at radius 3 is 2.80 bits per heavy atom. The smallest absolute Gasteiger partial charge is 0.119 e. The van der Waals surface area contributed by atoms with Crippen molar-refractivity contribution >= 4 is 17.2 Å². The van der Waals surface area contributed by atoms with E-state index in [-0.39, 0.29) is 0 Å². The first kappa shape index (κ1) is 15.2. The summed E-state index contributed by atoms with van der Waals surface area (Å²) in [4.78, 5) is 2.66. The maximum absolute atomic E-state index is 5.71. The molecule has 2 N–H and O–H groups in total. The summed E-state index contributed by atoms with van der Waals surface area (Å²) in [5.74, 6) is 0.843. The Kier molecular flexibility index (Phi) is 5.76. The number of thiocarbonyl (C=S) groups is 1. The van der Waals surface area contributed by atoms with Gasteiger partial charge in [0, 0.05) is 25.3 Å². The lowest BCUT2D eigenvalue weighted by Gasteiger charge is -2.20. The first-order chi connectivity index (χ1) is 9.65. The van der Waals surface area contributed by atoms with Crippen molar-refractivity contribution in [3.8, 4) is 5.75 Å². The summed E-state index contributed by atoms with van der Waals surface area (Å²) < 4.78 is 11.3. The van der Waals surface area contributed by atoms with Crippen LogP contribution in [0, 0.1) is 0 Å². The molecule has 1 aromatic rings. The molecule has 5 heteroatoms. The average Bonchev–Trinajstić information content (AvgIpc) is 2.92. The number of benzene rings is 1. The molecule has 0 saturated carbocycles. The van der Waals surface area contributed by atoms with Crippen LogP contribution in [0.15, 0.2) is 24.3 Å². The van der Waals surface area contributed by atoms with Gasteiger partial charge in [0.25, 0.3) is 0 Å².